The fourth-order valence-electron chi connectivity index (χ4n) is 2.01. The molecular formula is C10H17N3O3. The van der Waals surface area contributed by atoms with Gasteiger partial charge in [-0.1, -0.05) is 6.92 Å². The summed E-state index contributed by atoms with van der Waals surface area (Å²) in [4.78, 5) is 36.8. The third-order valence-corrected chi connectivity index (χ3v) is 2.87. The number of primary amides is 1. The van der Waals surface area contributed by atoms with E-state index in [1.54, 1.807) is 7.05 Å². The van der Waals surface area contributed by atoms with E-state index in [1.807, 2.05) is 6.92 Å². The Balaban J connectivity index is 2.73. The van der Waals surface area contributed by atoms with Crippen molar-refractivity contribution in [3.05, 3.63) is 0 Å². The molecular weight excluding hydrogens is 210 g/mol. The summed E-state index contributed by atoms with van der Waals surface area (Å²) < 4.78 is 0. The van der Waals surface area contributed by atoms with Crippen LogP contribution in [0.3, 0.4) is 0 Å². The average molecular weight is 227 g/mol. The molecule has 6 heteroatoms. The Labute approximate surface area is 94.4 Å². The van der Waals surface area contributed by atoms with Crippen molar-refractivity contribution < 1.29 is 14.4 Å². The van der Waals surface area contributed by atoms with Crippen molar-refractivity contribution >= 4 is 17.7 Å². The zero-order valence-corrected chi connectivity index (χ0v) is 9.77. The summed E-state index contributed by atoms with van der Waals surface area (Å²) in [5.41, 5.74) is 5.01. The molecule has 1 fully saturated rings. The Bertz CT molecular complexity index is 329. The van der Waals surface area contributed by atoms with E-state index in [9.17, 15) is 14.4 Å². The molecule has 1 aliphatic rings. The molecule has 1 aliphatic heterocycles. The van der Waals surface area contributed by atoms with Gasteiger partial charge in [-0.25, -0.2) is 0 Å². The predicted molar refractivity (Wildman–Crippen MR) is 57.2 cm³/mol. The zero-order chi connectivity index (χ0) is 12.5. The summed E-state index contributed by atoms with van der Waals surface area (Å²) >= 11 is 0. The third-order valence-electron chi connectivity index (χ3n) is 2.87. The first-order chi connectivity index (χ1) is 7.34. The van der Waals surface area contributed by atoms with E-state index in [4.69, 9.17) is 5.73 Å². The first-order valence-electron chi connectivity index (χ1n) is 5.13. The molecule has 16 heavy (non-hydrogen) atoms. The summed E-state index contributed by atoms with van der Waals surface area (Å²) in [5, 5.41) is 0. The lowest BCUT2D eigenvalue weighted by atomic mass is 10.0. The molecule has 0 spiro atoms. The lowest BCUT2D eigenvalue weighted by molar-refractivity contribution is -0.141. The summed E-state index contributed by atoms with van der Waals surface area (Å²) in [6.07, 6.45) is 0.372. The third kappa shape index (κ3) is 2.32. The second-order valence-corrected chi connectivity index (χ2v) is 4.29. The standard InChI is InChI=1S/C10H17N3O3/c1-6-4-8(15)13(3)9(6)10(16)12(2)5-7(11)14/h6,9H,4-5H2,1-3H3,(H2,11,14). The monoisotopic (exact) mass is 227 g/mol. The Morgan fingerprint density at radius 1 is 1.56 bits per heavy atom. The Morgan fingerprint density at radius 3 is 2.50 bits per heavy atom. The van der Waals surface area contributed by atoms with Crippen LogP contribution in [0.2, 0.25) is 0 Å². The fourth-order valence-corrected chi connectivity index (χ4v) is 2.01. The highest BCUT2D eigenvalue weighted by molar-refractivity contribution is 5.92. The van der Waals surface area contributed by atoms with Crippen molar-refractivity contribution in [3.8, 4) is 0 Å². The first kappa shape index (κ1) is 12.5. The molecule has 0 bridgehead atoms. The highest BCUT2D eigenvalue weighted by Gasteiger charge is 2.40. The topological polar surface area (TPSA) is 83.7 Å². The normalized spacial score (nSPS) is 24.7. The summed E-state index contributed by atoms with van der Waals surface area (Å²) in [6, 6.07) is -0.475. The van der Waals surface area contributed by atoms with E-state index >= 15 is 0 Å². The molecule has 6 nitrogen and oxygen atoms in total. The van der Waals surface area contributed by atoms with Crippen molar-refractivity contribution in [2.45, 2.75) is 19.4 Å². The molecule has 2 atom stereocenters. The van der Waals surface area contributed by atoms with Gasteiger partial charge in [0.1, 0.15) is 6.04 Å². The van der Waals surface area contributed by atoms with Crippen molar-refractivity contribution in [1.29, 1.82) is 0 Å². The molecule has 2 unspecified atom stereocenters. The van der Waals surface area contributed by atoms with Crippen LogP contribution >= 0.6 is 0 Å². The van der Waals surface area contributed by atoms with E-state index in [-0.39, 0.29) is 24.3 Å². The highest BCUT2D eigenvalue weighted by atomic mass is 16.2. The Kier molecular flexibility index (Phi) is 3.51. The number of hydrogen-bond acceptors (Lipinski definition) is 3. The van der Waals surface area contributed by atoms with Gasteiger partial charge in [-0.05, 0) is 5.92 Å². The van der Waals surface area contributed by atoms with Crippen molar-refractivity contribution in [1.82, 2.24) is 9.80 Å². The fraction of sp³-hybridized carbons (Fsp3) is 0.700. The van der Waals surface area contributed by atoms with Crippen LogP contribution in [0.15, 0.2) is 0 Å². The molecule has 0 aliphatic carbocycles. The van der Waals surface area contributed by atoms with Gasteiger partial charge in [0.15, 0.2) is 0 Å². The number of likely N-dealkylation sites (N-methyl/N-ethyl adjacent to an activating group) is 2. The lowest BCUT2D eigenvalue weighted by Crippen LogP contribution is -2.48. The second-order valence-electron chi connectivity index (χ2n) is 4.29. The summed E-state index contributed by atoms with van der Waals surface area (Å²) in [7, 11) is 3.11. The second kappa shape index (κ2) is 4.51. The smallest absolute Gasteiger partial charge is 0.245 e. The van der Waals surface area contributed by atoms with E-state index in [0.717, 1.165) is 0 Å². The highest BCUT2D eigenvalue weighted by Crippen LogP contribution is 2.24. The predicted octanol–water partition coefficient (Wildman–Crippen LogP) is -1.20. The van der Waals surface area contributed by atoms with E-state index in [1.165, 1.54) is 16.8 Å². The minimum atomic E-state index is -0.560. The number of nitrogens with zero attached hydrogens (tertiary/aromatic N) is 2. The molecule has 3 amide bonds. The molecule has 0 aromatic heterocycles. The molecule has 1 rings (SSSR count). The van der Waals surface area contributed by atoms with Crippen LogP contribution in [0.25, 0.3) is 0 Å². The number of carbonyl (C=O) groups excluding carboxylic acids is 3. The lowest BCUT2D eigenvalue weighted by Gasteiger charge is -2.26. The minimum Gasteiger partial charge on any atom is -0.368 e. The molecule has 0 saturated carbocycles. The molecule has 1 saturated heterocycles. The molecule has 0 radical (unpaired) electrons. The number of amides is 3. The zero-order valence-electron chi connectivity index (χ0n) is 9.77. The average Bonchev–Trinajstić information content (AvgIpc) is 2.39. The van der Waals surface area contributed by atoms with Gasteiger partial charge in [0, 0.05) is 20.5 Å². The van der Waals surface area contributed by atoms with E-state index in [0.29, 0.717) is 6.42 Å². The van der Waals surface area contributed by atoms with Gasteiger partial charge in [0.2, 0.25) is 17.7 Å². The molecule has 1 heterocycles. The van der Waals surface area contributed by atoms with Gasteiger partial charge in [-0.3, -0.25) is 14.4 Å². The van der Waals surface area contributed by atoms with Crippen molar-refractivity contribution in [2.75, 3.05) is 20.6 Å². The van der Waals surface area contributed by atoms with Gasteiger partial charge in [0.05, 0.1) is 6.54 Å². The van der Waals surface area contributed by atoms with Crippen LogP contribution in [0.5, 0.6) is 0 Å². The Morgan fingerprint density at radius 2 is 2.12 bits per heavy atom. The maximum absolute atomic E-state index is 12.0. The van der Waals surface area contributed by atoms with E-state index < -0.39 is 11.9 Å². The molecule has 90 valence electrons. The Hall–Kier alpha value is -1.59. The van der Waals surface area contributed by atoms with E-state index in [2.05, 4.69) is 0 Å². The quantitative estimate of drug-likeness (QED) is 0.657. The first-order valence-corrected chi connectivity index (χ1v) is 5.13. The maximum atomic E-state index is 12.0. The largest absolute Gasteiger partial charge is 0.368 e. The number of rotatable bonds is 3. The van der Waals surface area contributed by atoms with Gasteiger partial charge in [-0.2, -0.15) is 0 Å². The number of nitrogens with two attached hydrogens (primary N) is 1. The number of hydrogen-bond donors (Lipinski definition) is 1. The molecule has 2 N–H and O–H groups in total. The summed E-state index contributed by atoms with van der Waals surface area (Å²) in [5.74, 6) is -0.867. The van der Waals surface area contributed by atoms with Crippen molar-refractivity contribution in [3.63, 3.8) is 0 Å². The maximum Gasteiger partial charge on any atom is 0.245 e. The van der Waals surface area contributed by atoms with Crippen LogP contribution < -0.4 is 5.73 Å². The van der Waals surface area contributed by atoms with Gasteiger partial charge >= 0.3 is 0 Å². The van der Waals surface area contributed by atoms with Crippen LogP contribution in [-0.4, -0.2) is 54.2 Å². The molecule has 0 aromatic carbocycles. The number of carbonyl (C=O) groups is 3. The summed E-state index contributed by atoms with van der Waals surface area (Å²) in [6.45, 7) is 1.73. The van der Waals surface area contributed by atoms with Gasteiger partial charge < -0.3 is 15.5 Å². The minimum absolute atomic E-state index is 0.0275. The van der Waals surface area contributed by atoms with Crippen LogP contribution in [-0.2, 0) is 14.4 Å². The molecule has 0 aromatic rings. The van der Waals surface area contributed by atoms with Gasteiger partial charge in [0.25, 0.3) is 0 Å². The number of likely N-dealkylation sites (tertiary alicyclic amines) is 1. The van der Waals surface area contributed by atoms with Crippen LogP contribution in [0, 0.1) is 5.92 Å². The van der Waals surface area contributed by atoms with Crippen LogP contribution in [0.1, 0.15) is 13.3 Å². The van der Waals surface area contributed by atoms with Gasteiger partial charge in [-0.15, -0.1) is 0 Å². The van der Waals surface area contributed by atoms with Crippen molar-refractivity contribution in [2.24, 2.45) is 11.7 Å². The SMILES string of the molecule is CC1CC(=O)N(C)C1C(=O)N(C)CC(N)=O. The van der Waals surface area contributed by atoms with Crippen LogP contribution in [0.4, 0.5) is 0 Å².